The van der Waals surface area contributed by atoms with Crippen molar-refractivity contribution in [3.63, 3.8) is 0 Å². The van der Waals surface area contributed by atoms with Crippen LogP contribution in [0, 0.1) is 5.92 Å². The highest BCUT2D eigenvalue weighted by molar-refractivity contribution is 5.67. The molecule has 1 aromatic carbocycles. The molecule has 2 N–H and O–H groups in total. The Hall–Kier alpha value is -1.44. The molecule has 0 heterocycles. The van der Waals surface area contributed by atoms with E-state index in [-0.39, 0.29) is 11.5 Å². The van der Waals surface area contributed by atoms with Crippen LogP contribution in [0.4, 0.5) is 0 Å². The van der Waals surface area contributed by atoms with Crippen molar-refractivity contribution in [1.29, 1.82) is 0 Å². The molecule has 0 bridgehead atoms. The van der Waals surface area contributed by atoms with E-state index in [0.29, 0.717) is 5.92 Å². The number of hydrogen-bond acceptors (Lipinski definition) is 2. The summed E-state index contributed by atoms with van der Waals surface area (Å²) in [6.45, 7) is 8.39. The lowest BCUT2D eigenvalue weighted by molar-refractivity contribution is 0.450. The minimum Gasteiger partial charge on any atom is -0.508 e. The Bertz CT molecular complexity index is 362. The highest BCUT2D eigenvalue weighted by atomic mass is 16.3. The molecule has 1 rings (SSSR count). The molecular weight excluding hydrogens is 212 g/mol. The SMILES string of the molecule is C=C(c1cc(O)cc(O)c1)C(C)CCCCC. The van der Waals surface area contributed by atoms with Gasteiger partial charge in [0.25, 0.3) is 0 Å². The van der Waals surface area contributed by atoms with E-state index in [1.807, 2.05) is 0 Å². The van der Waals surface area contributed by atoms with Crippen LogP contribution in [0.3, 0.4) is 0 Å². The number of unbranched alkanes of at least 4 members (excludes halogenated alkanes) is 2. The molecule has 0 radical (unpaired) electrons. The summed E-state index contributed by atoms with van der Waals surface area (Å²) in [7, 11) is 0. The molecular formula is C15H22O2. The Balaban J connectivity index is 2.68. The molecule has 0 amide bonds. The number of phenols is 2. The molecule has 17 heavy (non-hydrogen) atoms. The van der Waals surface area contributed by atoms with Crippen molar-refractivity contribution in [3.05, 3.63) is 30.3 Å². The quantitative estimate of drug-likeness (QED) is 0.719. The third kappa shape index (κ3) is 4.14. The van der Waals surface area contributed by atoms with Gasteiger partial charge in [0.2, 0.25) is 0 Å². The first-order valence-electron chi connectivity index (χ1n) is 6.26. The second-order valence-electron chi connectivity index (χ2n) is 4.66. The zero-order valence-electron chi connectivity index (χ0n) is 10.7. The molecule has 0 aliphatic carbocycles. The molecule has 0 aliphatic rings. The van der Waals surface area contributed by atoms with Gasteiger partial charge >= 0.3 is 0 Å². The third-order valence-electron chi connectivity index (χ3n) is 3.11. The summed E-state index contributed by atoms with van der Waals surface area (Å²) in [5.74, 6) is 0.548. The van der Waals surface area contributed by atoms with Crippen molar-refractivity contribution in [2.24, 2.45) is 5.92 Å². The number of phenolic OH excluding ortho intramolecular Hbond substituents is 2. The van der Waals surface area contributed by atoms with Gasteiger partial charge in [-0.1, -0.05) is 39.7 Å². The minimum absolute atomic E-state index is 0.0851. The number of rotatable bonds is 6. The lowest BCUT2D eigenvalue weighted by Gasteiger charge is -2.15. The van der Waals surface area contributed by atoms with Gasteiger partial charge < -0.3 is 10.2 Å². The van der Waals surface area contributed by atoms with E-state index < -0.39 is 0 Å². The van der Waals surface area contributed by atoms with Crippen LogP contribution in [0.15, 0.2) is 24.8 Å². The zero-order chi connectivity index (χ0) is 12.8. The molecule has 0 fully saturated rings. The van der Waals surface area contributed by atoms with Gasteiger partial charge in [0.15, 0.2) is 0 Å². The smallest absolute Gasteiger partial charge is 0.119 e. The van der Waals surface area contributed by atoms with Gasteiger partial charge in [0.05, 0.1) is 0 Å². The predicted molar refractivity (Wildman–Crippen MR) is 72.1 cm³/mol. The van der Waals surface area contributed by atoms with Crippen molar-refractivity contribution in [3.8, 4) is 11.5 Å². The molecule has 94 valence electrons. The third-order valence-corrected chi connectivity index (χ3v) is 3.11. The lowest BCUT2D eigenvalue weighted by atomic mass is 9.91. The molecule has 1 unspecified atom stereocenters. The van der Waals surface area contributed by atoms with E-state index in [1.54, 1.807) is 12.1 Å². The first-order chi connectivity index (χ1) is 8.04. The summed E-state index contributed by atoms with van der Waals surface area (Å²) < 4.78 is 0. The molecule has 0 aromatic heterocycles. The van der Waals surface area contributed by atoms with Crippen LogP contribution in [0.2, 0.25) is 0 Å². The highest BCUT2D eigenvalue weighted by Gasteiger charge is 2.10. The Morgan fingerprint density at radius 2 is 1.76 bits per heavy atom. The van der Waals surface area contributed by atoms with Gasteiger partial charge in [-0.2, -0.15) is 0 Å². The van der Waals surface area contributed by atoms with Crippen molar-refractivity contribution in [2.75, 3.05) is 0 Å². The fourth-order valence-corrected chi connectivity index (χ4v) is 1.94. The fraction of sp³-hybridized carbons (Fsp3) is 0.467. The topological polar surface area (TPSA) is 40.5 Å². The number of benzene rings is 1. The predicted octanol–water partition coefficient (Wildman–Crippen LogP) is 4.33. The lowest BCUT2D eigenvalue weighted by Crippen LogP contribution is -1.98. The Kier molecular flexibility index (Phi) is 5.08. The van der Waals surface area contributed by atoms with E-state index in [0.717, 1.165) is 17.6 Å². The Labute approximate surface area is 104 Å². The van der Waals surface area contributed by atoms with Crippen molar-refractivity contribution < 1.29 is 10.2 Å². The maximum atomic E-state index is 9.44. The first-order valence-corrected chi connectivity index (χ1v) is 6.26. The second kappa shape index (κ2) is 6.33. The molecule has 2 heteroatoms. The Morgan fingerprint density at radius 1 is 1.18 bits per heavy atom. The van der Waals surface area contributed by atoms with Crippen molar-refractivity contribution >= 4 is 5.57 Å². The number of allylic oxidation sites excluding steroid dienone is 1. The van der Waals surface area contributed by atoms with E-state index >= 15 is 0 Å². The average molecular weight is 234 g/mol. The van der Waals surface area contributed by atoms with Crippen LogP contribution in [0.1, 0.15) is 45.1 Å². The molecule has 0 aliphatic heterocycles. The largest absolute Gasteiger partial charge is 0.508 e. The zero-order valence-corrected chi connectivity index (χ0v) is 10.7. The molecule has 1 aromatic rings. The van der Waals surface area contributed by atoms with Gasteiger partial charge in [-0.05, 0) is 35.6 Å². The summed E-state index contributed by atoms with van der Waals surface area (Å²) in [6.07, 6.45) is 4.75. The van der Waals surface area contributed by atoms with E-state index in [1.165, 1.54) is 25.3 Å². The minimum atomic E-state index is 0.0851. The molecule has 0 spiro atoms. The molecule has 2 nitrogen and oxygen atoms in total. The molecule has 1 atom stereocenters. The van der Waals surface area contributed by atoms with Crippen LogP contribution in [0.25, 0.3) is 5.57 Å². The fourth-order valence-electron chi connectivity index (χ4n) is 1.94. The van der Waals surface area contributed by atoms with Crippen LogP contribution >= 0.6 is 0 Å². The van der Waals surface area contributed by atoms with Crippen LogP contribution in [-0.4, -0.2) is 10.2 Å². The Morgan fingerprint density at radius 3 is 2.29 bits per heavy atom. The molecule has 0 saturated heterocycles. The summed E-state index contributed by atoms with van der Waals surface area (Å²) in [5.41, 5.74) is 1.80. The van der Waals surface area contributed by atoms with Crippen LogP contribution < -0.4 is 0 Å². The number of hydrogen-bond donors (Lipinski definition) is 2. The van der Waals surface area contributed by atoms with Crippen LogP contribution in [0.5, 0.6) is 11.5 Å². The first kappa shape index (κ1) is 13.6. The number of aromatic hydroxyl groups is 2. The van der Waals surface area contributed by atoms with Gasteiger partial charge in [0.1, 0.15) is 11.5 Å². The van der Waals surface area contributed by atoms with E-state index in [2.05, 4.69) is 20.4 Å². The summed E-state index contributed by atoms with van der Waals surface area (Å²) in [6, 6.07) is 4.63. The summed E-state index contributed by atoms with van der Waals surface area (Å²) >= 11 is 0. The summed E-state index contributed by atoms with van der Waals surface area (Å²) in [5, 5.41) is 18.9. The van der Waals surface area contributed by atoms with Gasteiger partial charge in [-0.25, -0.2) is 0 Å². The highest BCUT2D eigenvalue weighted by Crippen LogP contribution is 2.30. The van der Waals surface area contributed by atoms with Crippen molar-refractivity contribution in [2.45, 2.75) is 39.5 Å². The van der Waals surface area contributed by atoms with Gasteiger partial charge in [0, 0.05) is 6.07 Å². The van der Waals surface area contributed by atoms with E-state index in [9.17, 15) is 10.2 Å². The standard InChI is InChI=1S/C15H22O2/c1-4-5-6-7-11(2)12(3)13-8-14(16)10-15(17)9-13/h8-11,16-17H,3-7H2,1-2H3. The average Bonchev–Trinajstić information content (AvgIpc) is 2.27. The van der Waals surface area contributed by atoms with Crippen LogP contribution in [-0.2, 0) is 0 Å². The maximum Gasteiger partial charge on any atom is 0.119 e. The van der Waals surface area contributed by atoms with Crippen molar-refractivity contribution in [1.82, 2.24) is 0 Å². The van der Waals surface area contributed by atoms with Gasteiger partial charge in [-0.3, -0.25) is 0 Å². The van der Waals surface area contributed by atoms with Gasteiger partial charge in [-0.15, -0.1) is 0 Å². The molecule has 0 saturated carbocycles. The summed E-state index contributed by atoms with van der Waals surface area (Å²) in [4.78, 5) is 0. The second-order valence-corrected chi connectivity index (χ2v) is 4.66. The maximum absolute atomic E-state index is 9.44. The van der Waals surface area contributed by atoms with E-state index in [4.69, 9.17) is 0 Å². The monoisotopic (exact) mass is 234 g/mol. The normalized spacial score (nSPS) is 12.4.